The Morgan fingerprint density at radius 2 is 1.93 bits per heavy atom. The molecule has 0 aliphatic carbocycles. The number of nitrogens with zero attached hydrogens (tertiary/aromatic N) is 2. The summed E-state index contributed by atoms with van der Waals surface area (Å²) < 4.78 is 5.99. The Balaban J connectivity index is 1.49. The smallest absolute Gasteiger partial charge is 0.223 e. The van der Waals surface area contributed by atoms with Crippen molar-refractivity contribution in [1.29, 1.82) is 0 Å². The van der Waals surface area contributed by atoms with Gasteiger partial charge in [0.1, 0.15) is 0 Å². The summed E-state index contributed by atoms with van der Waals surface area (Å²) in [6, 6.07) is 19.1. The summed E-state index contributed by atoms with van der Waals surface area (Å²) >= 11 is 0. The second kappa shape index (κ2) is 8.06. The van der Waals surface area contributed by atoms with Crippen molar-refractivity contribution in [3.63, 3.8) is 0 Å². The van der Waals surface area contributed by atoms with Gasteiger partial charge in [-0.15, -0.1) is 0 Å². The molecule has 28 heavy (non-hydrogen) atoms. The highest BCUT2D eigenvalue weighted by Crippen LogP contribution is 2.38. The van der Waals surface area contributed by atoms with Gasteiger partial charge in [0.05, 0.1) is 19.3 Å². The van der Waals surface area contributed by atoms with Crippen LogP contribution in [0.2, 0.25) is 0 Å². The number of amides is 1. The van der Waals surface area contributed by atoms with E-state index in [-0.39, 0.29) is 17.4 Å². The van der Waals surface area contributed by atoms with E-state index in [0.717, 1.165) is 32.8 Å². The van der Waals surface area contributed by atoms with E-state index in [2.05, 4.69) is 60.0 Å². The summed E-state index contributed by atoms with van der Waals surface area (Å²) in [4.78, 5) is 17.5. The van der Waals surface area contributed by atoms with Gasteiger partial charge in [-0.1, -0.05) is 60.2 Å². The molecule has 0 N–H and O–H groups in total. The van der Waals surface area contributed by atoms with Crippen LogP contribution in [-0.4, -0.2) is 48.6 Å². The number of aryl methyl sites for hydroxylation is 1. The zero-order chi connectivity index (χ0) is 19.6. The Bertz CT molecular complexity index is 822. The van der Waals surface area contributed by atoms with Gasteiger partial charge in [-0.05, 0) is 25.0 Å². The zero-order valence-corrected chi connectivity index (χ0v) is 16.9. The lowest BCUT2D eigenvalue weighted by Crippen LogP contribution is -2.40. The minimum absolute atomic E-state index is 0.0987. The van der Waals surface area contributed by atoms with Gasteiger partial charge < -0.3 is 9.64 Å². The second-order valence-electron chi connectivity index (χ2n) is 8.54. The third kappa shape index (κ3) is 4.13. The first-order valence-corrected chi connectivity index (χ1v) is 10.2. The molecule has 2 aliphatic rings. The quantitative estimate of drug-likeness (QED) is 0.811. The predicted octanol–water partition coefficient (Wildman–Crippen LogP) is 3.81. The summed E-state index contributed by atoms with van der Waals surface area (Å²) in [5.74, 6) is 0.248. The van der Waals surface area contributed by atoms with Crippen molar-refractivity contribution in [3.05, 3.63) is 71.3 Å². The van der Waals surface area contributed by atoms with E-state index in [9.17, 15) is 4.79 Å². The summed E-state index contributed by atoms with van der Waals surface area (Å²) in [7, 11) is 0. The Morgan fingerprint density at radius 1 is 1.11 bits per heavy atom. The molecule has 0 saturated carbocycles. The maximum absolute atomic E-state index is 12.9. The molecule has 2 atom stereocenters. The second-order valence-corrected chi connectivity index (χ2v) is 8.54. The van der Waals surface area contributed by atoms with Crippen molar-refractivity contribution in [3.8, 4) is 0 Å². The molecule has 1 amide bonds. The zero-order valence-electron chi connectivity index (χ0n) is 16.9. The lowest BCUT2D eigenvalue weighted by atomic mass is 9.87. The molecule has 0 radical (unpaired) electrons. The van der Waals surface area contributed by atoms with E-state index in [0.29, 0.717) is 13.0 Å². The molecule has 2 heterocycles. The molecule has 2 saturated heterocycles. The van der Waals surface area contributed by atoms with Crippen LogP contribution in [0.5, 0.6) is 0 Å². The Labute approximate surface area is 168 Å². The summed E-state index contributed by atoms with van der Waals surface area (Å²) in [5.41, 5.74) is 3.70. The lowest BCUT2D eigenvalue weighted by molar-refractivity contribution is -0.129. The van der Waals surface area contributed by atoms with E-state index in [4.69, 9.17) is 4.74 Å². The monoisotopic (exact) mass is 378 g/mol. The number of hydrogen-bond acceptors (Lipinski definition) is 3. The average Bonchev–Trinajstić information content (AvgIpc) is 2.88. The molecule has 0 bridgehead atoms. The lowest BCUT2D eigenvalue weighted by Gasteiger charge is -2.33. The number of carbonyl (C=O) groups excluding carboxylic acids is 1. The molecular formula is C24H30N2O2. The molecule has 1 spiro atoms. The SMILES string of the molecule is Cc1cccc(CN2CCOC[C@]3(CC(=O)N([C@H](C)c4ccccc4)C3)C2)c1. The van der Waals surface area contributed by atoms with E-state index in [1.807, 2.05) is 18.2 Å². The van der Waals surface area contributed by atoms with Gasteiger partial charge >= 0.3 is 0 Å². The van der Waals surface area contributed by atoms with Crippen LogP contribution < -0.4 is 0 Å². The Morgan fingerprint density at radius 3 is 2.71 bits per heavy atom. The van der Waals surface area contributed by atoms with Crippen LogP contribution in [0.15, 0.2) is 54.6 Å². The van der Waals surface area contributed by atoms with Crippen molar-refractivity contribution in [1.82, 2.24) is 9.80 Å². The highest BCUT2D eigenvalue weighted by Gasteiger charge is 2.46. The van der Waals surface area contributed by atoms with Gasteiger partial charge in [0.25, 0.3) is 0 Å². The highest BCUT2D eigenvalue weighted by atomic mass is 16.5. The van der Waals surface area contributed by atoms with Crippen LogP contribution in [0.1, 0.15) is 36.1 Å². The molecule has 4 heteroatoms. The first-order chi connectivity index (χ1) is 13.5. The standard InChI is InChI=1S/C24H30N2O2/c1-19-7-6-8-21(13-19)15-25-11-12-28-18-24(16-25)14-23(27)26(17-24)20(2)22-9-4-3-5-10-22/h3-10,13,20H,11-12,14-18H2,1-2H3/t20-,24-/m1/s1. The fourth-order valence-corrected chi connectivity index (χ4v) is 4.68. The van der Waals surface area contributed by atoms with E-state index in [1.165, 1.54) is 16.7 Å². The van der Waals surface area contributed by atoms with Gasteiger partial charge in [0.2, 0.25) is 5.91 Å². The van der Waals surface area contributed by atoms with Crippen molar-refractivity contribution in [2.75, 3.05) is 32.8 Å². The maximum atomic E-state index is 12.9. The first kappa shape index (κ1) is 19.2. The van der Waals surface area contributed by atoms with Gasteiger partial charge in [-0.25, -0.2) is 0 Å². The molecule has 2 aliphatic heterocycles. The van der Waals surface area contributed by atoms with Gasteiger partial charge in [0.15, 0.2) is 0 Å². The van der Waals surface area contributed by atoms with Crippen molar-refractivity contribution >= 4 is 5.91 Å². The minimum Gasteiger partial charge on any atom is -0.379 e. The molecule has 0 aromatic heterocycles. The number of hydrogen-bond donors (Lipinski definition) is 0. The number of ether oxygens (including phenoxy) is 1. The Hall–Kier alpha value is -2.17. The van der Waals surface area contributed by atoms with Crippen molar-refractivity contribution in [2.45, 2.75) is 32.9 Å². The molecule has 2 aromatic carbocycles. The maximum Gasteiger partial charge on any atom is 0.223 e. The highest BCUT2D eigenvalue weighted by molar-refractivity contribution is 5.80. The molecule has 2 aromatic rings. The number of likely N-dealkylation sites (tertiary alicyclic amines) is 1. The number of rotatable bonds is 4. The topological polar surface area (TPSA) is 32.8 Å². The van der Waals surface area contributed by atoms with Crippen LogP contribution in [0.4, 0.5) is 0 Å². The molecule has 148 valence electrons. The van der Waals surface area contributed by atoms with E-state index < -0.39 is 0 Å². The van der Waals surface area contributed by atoms with E-state index in [1.54, 1.807) is 0 Å². The van der Waals surface area contributed by atoms with Crippen LogP contribution in [0.25, 0.3) is 0 Å². The van der Waals surface area contributed by atoms with Gasteiger partial charge in [0, 0.05) is 38.0 Å². The third-order valence-corrected chi connectivity index (χ3v) is 6.11. The minimum atomic E-state index is -0.111. The normalized spacial score (nSPS) is 24.5. The predicted molar refractivity (Wildman–Crippen MR) is 111 cm³/mol. The van der Waals surface area contributed by atoms with Crippen molar-refractivity contribution in [2.24, 2.45) is 5.41 Å². The molecular weight excluding hydrogens is 348 g/mol. The largest absolute Gasteiger partial charge is 0.379 e. The van der Waals surface area contributed by atoms with E-state index >= 15 is 0 Å². The van der Waals surface area contributed by atoms with Crippen LogP contribution in [-0.2, 0) is 16.1 Å². The van der Waals surface area contributed by atoms with Gasteiger partial charge in [-0.2, -0.15) is 0 Å². The summed E-state index contributed by atoms with van der Waals surface area (Å²) in [6.07, 6.45) is 0.578. The summed E-state index contributed by atoms with van der Waals surface area (Å²) in [5, 5.41) is 0. The molecule has 4 nitrogen and oxygen atoms in total. The average molecular weight is 379 g/mol. The number of benzene rings is 2. The van der Waals surface area contributed by atoms with Crippen LogP contribution in [0, 0.1) is 12.3 Å². The fourth-order valence-electron chi connectivity index (χ4n) is 4.68. The van der Waals surface area contributed by atoms with Crippen LogP contribution >= 0.6 is 0 Å². The van der Waals surface area contributed by atoms with Crippen molar-refractivity contribution < 1.29 is 9.53 Å². The molecule has 0 unspecified atom stereocenters. The molecule has 4 rings (SSSR count). The fraction of sp³-hybridized carbons (Fsp3) is 0.458. The first-order valence-electron chi connectivity index (χ1n) is 10.2. The summed E-state index contributed by atoms with van der Waals surface area (Å²) in [6.45, 7) is 9.17. The number of carbonyl (C=O) groups is 1. The third-order valence-electron chi connectivity index (χ3n) is 6.11. The van der Waals surface area contributed by atoms with Gasteiger partial charge in [-0.3, -0.25) is 9.69 Å². The van der Waals surface area contributed by atoms with Crippen LogP contribution in [0.3, 0.4) is 0 Å². The Kier molecular flexibility index (Phi) is 5.51. The molecule has 2 fully saturated rings.